The Balaban J connectivity index is 2.28. The number of terminal acetylenes is 1. The number of piperidine rings is 1. The first-order valence-corrected chi connectivity index (χ1v) is 3.52. The Morgan fingerprint density at radius 3 is 2.78 bits per heavy atom. The number of nitrogens with one attached hydrogen (secondary N) is 1. The van der Waals surface area contributed by atoms with Gasteiger partial charge in [-0.1, -0.05) is 0 Å². The van der Waals surface area contributed by atoms with Crippen LogP contribution in [0.3, 0.4) is 0 Å². The molecule has 1 fully saturated rings. The Labute approximate surface area is 56.8 Å². The van der Waals surface area contributed by atoms with E-state index in [1.807, 2.05) is 0 Å². The lowest BCUT2D eigenvalue weighted by Gasteiger charge is -2.23. The highest BCUT2D eigenvalue weighted by Gasteiger charge is 2.14. The lowest BCUT2D eigenvalue weighted by molar-refractivity contribution is 0.375. The van der Waals surface area contributed by atoms with Gasteiger partial charge in [0.25, 0.3) is 0 Å². The van der Waals surface area contributed by atoms with Crippen LogP contribution in [0.4, 0.5) is 0 Å². The third-order valence-electron chi connectivity index (χ3n) is 1.90. The van der Waals surface area contributed by atoms with Crippen LogP contribution in [0.1, 0.15) is 19.8 Å². The Bertz CT molecular complexity index is 115. The van der Waals surface area contributed by atoms with Gasteiger partial charge < -0.3 is 5.32 Å². The van der Waals surface area contributed by atoms with E-state index in [4.69, 9.17) is 6.42 Å². The molecular weight excluding hydrogens is 110 g/mol. The average molecular weight is 123 g/mol. The Kier molecular flexibility index (Phi) is 2.13. The summed E-state index contributed by atoms with van der Waals surface area (Å²) >= 11 is 0. The highest BCUT2D eigenvalue weighted by molar-refractivity contribution is 4.96. The molecule has 1 N–H and O–H groups in total. The zero-order chi connectivity index (χ0) is 6.69. The van der Waals surface area contributed by atoms with E-state index in [-0.39, 0.29) is 0 Å². The van der Waals surface area contributed by atoms with Crippen LogP contribution in [0.2, 0.25) is 0 Å². The van der Waals surface area contributed by atoms with Gasteiger partial charge in [-0.15, -0.1) is 12.3 Å². The summed E-state index contributed by atoms with van der Waals surface area (Å²) in [6.07, 6.45) is 7.69. The van der Waals surface area contributed by atoms with Crippen LogP contribution in [-0.4, -0.2) is 12.6 Å². The normalized spacial score (nSPS) is 35.6. The highest BCUT2D eigenvalue weighted by Crippen LogP contribution is 2.11. The molecule has 2 atom stereocenters. The van der Waals surface area contributed by atoms with E-state index in [0.29, 0.717) is 12.0 Å². The van der Waals surface area contributed by atoms with Crippen LogP contribution in [0.25, 0.3) is 0 Å². The molecule has 1 nitrogen and oxygen atoms in total. The zero-order valence-corrected chi connectivity index (χ0v) is 5.85. The first-order chi connectivity index (χ1) is 4.33. The van der Waals surface area contributed by atoms with E-state index in [1.165, 1.54) is 12.8 Å². The van der Waals surface area contributed by atoms with E-state index in [2.05, 4.69) is 18.2 Å². The second-order valence-electron chi connectivity index (χ2n) is 2.75. The van der Waals surface area contributed by atoms with Crippen molar-refractivity contribution in [3.63, 3.8) is 0 Å². The monoisotopic (exact) mass is 123 g/mol. The topological polar surface area (TPSA) is 12.0 Å². The number of hydrogen-bond acceptors (Lipinski definition) is 1. The van der Waals surface area contributed by atoms with Gasteiger partial charge in [0.05, 0.1) is 0 Å². The van der Waals surface area contributed by atoms with Crippen molar-refractivity contribution < 1.29 is 0 Å². The van der Waals surface area contributed by atoms with Crippen LogP contribution in [0, 0.1) is 18.3 Å². The van der Waals surface area contributed by atoms with Crippen LogP contribution in [0.5, 0.6) is 0 Å². The minimum absolute atomic E-state index is 0.487. The summed E-state index contributed by atoms with van der Waals surface area (Å²) in [4.78, 5) is 0. The van der Waals surface area contributed by atoms with Crippen LogP contribution >= 0.6 is 0 Å². The maximum Gasteiger partial charge on any atom is 0.0325 e. The Morgan fingerprint density at radius 1 is 1.56 bits per heavy atom. The van der Waals surface area contributed by atoms with Gasteiger partial charge in [-0.25, -0.2) is 0 Å². The van der Waals surface area contributed by atoms with Gasteiger partial charge in [0.2, 0.25) is 0 Å². The molecule has 0 spiro atoms. The summed E-state index contributed by atoms with van der Waals surface area (Å²) in [5.41, 5.74) is 0. The smallest absolute Gasteiger partial charge is 0.0325 e. The molecule has 1 aliphatic rings. The number of hydrogen-bond donors (Lipinski definition) is 1. The van der Waals surface area contributed by atoms with E-state index in [9.17, 15) is 0 Å². The fourth-order valence-electron chi connectivity index (χ4n) is 1.14. The molecule has 0 radical (unpaired) electrons. The fraction of sp³-hybridized carbons (Fsp3) is 0.750. The zero-order valence-electron chi connectivity index (χ0n) is 5.85. The molecule has 0 amide bonds. The summed E-state index contributed by atoms with van der Waals surface area (Å²) in [5, 5.41) is 3.34. The first kappa shape index (κ1) is 6.64. The van der Waals surface area contributed by atoms with Crippen molar-refractivity contribution in [1.29, 1.82) is 0 Å². The van der Waals surface area contributed by atoms with Crippen molar-refractivity contribution in [1.82, 2.24) is 5.32 Å². The van der Waals surface area contributed by atoms with E-state index in [0.717, 1.165) is 6.54 Å². The van der Waals surface area contributed by atoms with Crippen molar-refractivity contribution >= 4 is 0 Å². The van der Waals surface area contributed by atoms with Gasteiger partial charge in [0, 0.05) is 18.5 Å². The molecule has 50 valence electrons. The van der Waals surface area contributed by atoms with Gasteiger partial charge in [-0.05, 0) is 19.8 Å². The van der Waals surface area contributed by atoms with Gasteiger partial charge in [0.15, 0.2) is 0 Å². The molecular formula is C8H13N. The van der Waals surface area contributed by atoms with Gasteiger partial charge in [-0.2, -0.15) is 0 Å². The molecule has 1 unspecified atom stereocenters. The molecule has 1 heteroatoms. The van der Waals surface area contributed by atoms with Gasteiger partial charge >= 0.3 is 0 Å². The standard InChI is InChI=1S/C8H13N/c1-3-8-5-4-7(2)9-6-8/h1,7-9H,4-6H2,2H3/t7-,8?/m1/s1. The largest absolute Gasteiger partial charge is 0.313 e. The molecule has 0 aromatic carbocycles. The molecule has 1 rings (SSSR count). The molecule has 0 saturated carbocycles. The van der Waals surface area contributed by atoms with Gasteiger partial charge in [-0.3, -0.25) is 0 Å². The fourth-order valence-corrected chi connectivity index (χ4v) is 1.14. The maximum atomic E-state index is 5.26. The Morgan fingerprint density at radius 2 is 2.33 bits per heavy atom. The van der Waals surface area contributed by atoms with E-state index in [1.54, 1.807) is 0 Å². The number of rotatable bonds is 0. The maximum absolute atomic E-state index is 5.26. The van der Waals surface area contributed by atoms with E-state index >= 15 is 0 Å². The van der Waals surface area contributed by atoms with E-state index < -0.39 is 0 Å². The van der Waals surface area contributed by atoms with Crippen molar-refractivity contribution in [3.05, 3.63) is 0 Å². The Hall–Kier alpha value is -0.480. The van der Waals surface area contributed by atoms with Crippen LogP contribution in [-0.2, 0) is 0 Å². The first-order valence-electron chi connectivity index (χ1n) is 3.52. The summed E-state index contributed by atoms with van der Waals surface area (Å²) in [5.74, 6) is 3.25. The molecule has 1 aliphatic heterocycles. The predicted molar refractivity (Wildman–Crippen MR) is 39.0 cm³/mol. The molecule has 1 saturated heterocycles. The highest BCUT2D eigenvalue weighted by atomic mass is 14.9. The second-order valence-corrected chi connectivity index (χ2v) is 2.75. The second kappa shape index (κ2) is 2.89. The quantitative estimate of drug-likeness (QED) is 0.474. The van der Waals surface area contributed by atoms with Crippen LogP contribution < -0.4 is 5.32 Å². The summed E-state index contributed by atoms with van der Waals surface area (Å²) < 4.78 is 0. The summed E-state index contributed by atoms with van der Waals surface area (Å²) in [7, 11) is 0. The third-order valence-corrected chi connectivity index (χ3v) is 1.90. The SMILES string of the molecule is C#CC1CC[C@@H](C)NC1. The summed E-state index contributed by atoms with van der Waals surface area (Å²) in [6, 6.07) is 0.676. The molecule has 9 heavy (non-hydrogen) atoms. The van der Waals surface area contributed by atoms with Crippen molar-refractivity contribution in [3.8, 4) is 12.3 Å². The molecule has 1 heterocycles. The lowest BCUT2D eigenvalue weighted by atomic mass is 9.96. The predicted octanol–water partition coefficient (Wildman–Crippen LogP) is 1.01. The molecule has 0 aromatic rings. The summed E-state index contributed by atoms with van der Waals surface area (Å²) in [6.45, 7) is 3.21. The minimum Gasteiger partial charge on any atom is -0.313 e. The van der Waals surface area contributed by atoms with Crippen LogP contribution in [0.15, 0.2) is 0 Å². The molecule has 0 aliphatic carbocycles. The third kappa shape index (κ3) is 1.73. The van der Waals surface area contributed by atoms with Crippen molar-refractivity contribution in [2.45, 2.75) is 25.8 Å². The van der Waals surface area contributed by atoms with Crippen molar-refractivity contribution in [2.75, 3.05) is 6.54 Å². The average Bonchev–Trinajstić information content (AvgIpc) is 1.90. The lowest BCUT2D eigenvalue weighted by Crippen LogP contribution is -2.36. The minimum atomic E-state index is 0.487. The van der Waals surface area contributed by atoms with Crippen molar-refractivity contribution in [2.24, 2.45) is 5.92 Å². The molecule has 0 bridgehead atoms. The van der Waals surface area contributed by atoms with Gasteiger partial charge in [0.1, 0.15) is 0 Å². The molecule has 0 aromatic heterocycles.